The molecule has 1 aromatic rings. The molecule has 0 spiro atoms. The van der Waals surface area contributed by atoms with Crippen molar-refractivity contribution < 1.29 is 4.79 Å². The third kappa shape index (κ3) is 3.46. The molecule has 2 rings (SSSR count). The molecule has 1 fully saturated rings. The Bertz CT molecular complexity index is 497. The monoisotopic (exact) mass is 314 g/mol. The van der Waals surface area contributed by atoms with E-state index >= 15 is 0 Å². The van der Waals surface area contributed by atoms with Gasteiger partial charge < -0.3 is 11.1 Å². The summed E-state index contributed by atoms with van der Waals surface area (Å²) in [5, 5.41) is 3.88. The second-order valence-electron chi connectivity index (χ2n) is 5.50. The van der Waals surface area contributed by atoms with Gasteiger partial charge in [-0.2, -0.15) is 0 Å². The summed E-state index contributed by atoms with van der Waals surface area (Å²) < 4.78 is 0. The van der Waals surface area contributed by atoms with Gasteiger partial charge in [0.15, 0.2) is 0 Å². The summed E-state index contributed by atoms with van der Waals surface area (Å²) in [7, 11) is 0. The van der Waals surface area contributed by atoms with E-state index in [0.717, 1.165) is 31.2 Å². The molecule has 3 nitrogen and oxygen atoms in total. The highest BCUT2D eigenvalue weighted by molar-refractivity contribution is 6.40. The molecule has 1 amide bonds. The van der Waals surface area contributed by atoms with E-state index in [1.807, 2.05) is 13.0 Å². The Balaban J connectivity index is 2.04. The van der Waals surface area contributed by atoms with E-state index in [-0.39, 0.29) is 11.8 Å². The van der Waals surface area contributed by atoms with Crippen LogP contribution in [0.15, 0.2) is 12.1 Å². The van der Waals surface area contributed by atoms with Crippen LogP contribution >= 0.6 is 23.2 Å². The molecule has 110 valence electrons. The highest BCUT2D eigenvalue weighted by atomic mass is 35.5. The Hall–Kier alpha value is -0.770. The van der Waals surface area contributed by atoms with Gasteiger partial charge in [-0.25, -0.2) is 0 Å². The Kier molecular flexibility index (Phi) is 5.30. The van der Waals surface area contributed by atoms with Gasteiger partial charge >= 0.3 is 0 Å². The fourth-order valence-corrected chi connectivity index (χ4v) is 3.12. The second-order valence-corrected chi connectivity index (χ2v) is 6.28. The minimum absolute atomic E-state index is 0.00914. The number of nitrogens with two attached hydrogens (primary N) is 1. The average Bonchev–Trinajstić information content (AvgIpc) is 2.47. The Morgan fingerprint density at radius 1 is 1.30 bits per heavy atom. The maximum Gasteiger partial charge on any atom is 0.227 e. The molecular weight excluding hydrogens is 295 g/mol. The van der Waals surface area contributed by atoms with Crippen LogP contribution in [0.25, 0.3) is 0 Å². The molecule has 20 heavy (non-hydrogen) atoms. The van der Waals surface area contributed by atoms with Crippen molar-refractivity contribution in [3.8, 4) is 0 Å². The quantitative estimate of drug-likeness (QED) is 0.885. The van der Waals surface area contributed by atoms with Crippen LogP contribution in [0.2, 0.25) is 10.0 Å². The standard InChI is InChI=1S/C15H20Cl2N2O/c1-9-2-7-12(16)14(13(9)17)19-15(20)11-5-3-10(8-18)4-6-11/h2,7,10-11H,3-6,8,18H2,1H3,(H,19,20). The molecule has 5 heteroatoms. The third-order valence-corrected chi connectivity index (χ3v) is 4.89. The minimum Gasteiger partial charge on any atom is -0.330 e. The molecule has 0 radical (unpaired) electrons. The molecule has 0 aromatic heterocycles. The van der Waals surface area contributed by atoms with Gasteiger partial charge in [0, 0.05) is 5.92 Å². The molecule has 3 N–H and O–H groups in total. The highest BCUT2D eigenvalue weighted by Crippen LogP contribution is 2.35. The zero-order chi connectivity index (χ0) is 14.7. The van der Waals surface area contributed by atoms with Gasteiger partial charge in [0.25, 0.3) is 0 Å². The summed E-state index contributed by atoms with van der Waals surface area (Å²) in [5.74, 6) is 0.602. The number of halogens is 2. The van der Waals surface area contributed by atoms with E-state index in [1.165, 1.54) is 0 Å². The molecule has 0 saturated heterocycles. The lowest BCUT2D eigenvalue weighted by Crippen LogP contribution is -2.29. The molecule has 1 saturated carbocycles. The summed E-state index contributed by atoms with van der Waals surface area (Å²) in [5.41, 5.74) is 7.10. The predicted molar refractivity (Wildman–Crippen MR) is 84.3 cm³/mol. The number of carbonyl (C=O) groups excluding carboxylic acids is 1. The lowest BCUT2D eigenvalue weighted by Gasteiger charge is -2.27. The summed E-state index contributed by atoms with van der Waals surface area (Å²) in [6, 6.07) is 3.59. The van der Waals surface area contributed by atoms with Crippen LogP contribution in [-0.4, -0.2) is 12.5 Å². The largest absolute Gasteiger partial charge is 0.330 e. The summed E-state index contributed by atoms with van der Waals surface area (Å²) >= 11 is 12.3. The maximum atomic E-state index is 12.3. The zero-order valence-electron chi connectivity index (χ0n) is 11.6. The van der Waals surface area contributed by atoms with Gasteiger partial charge in [-0.3, -0.25) is 4.79 Å². The topological polar surface area (TPSA) is 55.1 Å². The van der Waals surface area contributed by atoms with Crippen molar-refractivity contribution >= 4 is 34.8 Å². The van der Waals surface area contributed by atoms with Crippen molar-refractivity contribution in [2.75, 3.05) is 11.9 Å². The van der Waals surface area contributed by atoms with Crippen molar-refractivity contribution in [1.29, 1.82) is 0 Å². The van der Waals surface area contributed by atoms with Crippen LogP contribution in [0, 0.1) is 18.8 Å². The smallest absolute Gasteiger partial charge is 0.227 e. The number of carbonyl (C=O) groups is 1. The number of hydrogen-bond acceptors (Lipinski definition) is 2. The first-order chi connectivity index (χ1) is 9.52. The van der Waals surface area contributed by atoms with Crippen LogP contribution < -0.4 is 11.1 Å². The van der Waals surface area contributed by atoms with Gasteiger partial charge in [0.2, 0.25) is 5.91 Å². The predicted octanol–water partition coefficient (Wildman–Crippen LogP) is 4.01. The van der Waals surface area contributed by atoms with E-state index in [0.29, 0.717) is 28.2 Å². The molecule has 0 aliphatic heterocycles. The fourth-order valence-electron chi connectivity index (χ4n) is 2.66. The van der Waals surface area contributed by atoms with E-state index in [9.17, 15) is 4.79 Å². The zero-order valence-corrected chi connectivity index (χ0v) is 13.1. The van der Waals surface area contributed by atoms with Crippen molar-refractivity contribution in [2.45, 2.75) is 32.6 Å². The summed E-state index contributed by atoms with van der Waals surface area (Å²) in [4.78, 5) is 12.3. The maximum absolute atomic E-state index is 12.3. The molecule has 1 aliphatic carbocycles. The van der Waals surface area contributed by atoms with E-state index in [1.54, 1.807) is 6.07 Å². The van der Waals surface area contributed by atoms with E-state index in [2.05, 4.69) is 5.32 Å². The number of rotatable bonds is 3. The lowest BCUT2D eigenvalue weighted by atomic mass is 9.81. The highest BCUT2D eigenvalue weighted by Gasteiger charge is 2.26. The molecular formula is C15H20Cl2N2O. The number of aryl methyl sites for hydroxylation is 1. The second kappa shape index (κ2) is 6.79. The van der Waals surface area contributed by atoms with E-state index in [4.69, 9.17) is 28.9 Å². The van der Waals surface area contributed by atoms with Gasteiger partial charge in [-0.15, -0.1) is 0 Å². The molecule has 0 bridgehead atoms. The van der Waals surface area contributed by atoms with Crippen LogP contribution in [0.5, 0.6) is 0 Å². The Morgan fingerprint density at radius 3 is 2.55 bits per heavy atom. The molecule has 1 aromatic carbocycles. The van der Waals surface area contributed by atoms with Gasteiger partial charge in [0.05, 0.1) is 15.7 Å². The Labute approximate surface area is 129 Å². The summed E-state index contributed by atoms with van der Waals surface area (Å²) in [6.45, 7) is 2.60. The SMILES string of the molecule is Cc1ccc(Cl)c(NC(=O)C2CCC(CN)CC2)c1Cl. The van der Waals surface area contributed by atoms with Crippen molar-refractivity contribution in [3.63, 3.8) is 0 Å². The van der Waals surface area contributed by atoms with Crippen LogP contribution in [0.1, 0.15) is 31.2 Å². The average molecular weight is 315 g/mol. The van der Waals surface area contributed by atoms with Crippen molar-refractivity contribution in [1.82, 2.24) is 0 Å². The van der Waals surface area contributed by atoms with Gasteiger partial charge in [-0.05, 0) is 56.7 Å². The summed E-state index contributed by atoms with van der Waals surface area (Å²) in [6.07, 6.45) is 3.80. The van der Waals surface area contributed by atoms with E-state index < -0.39 is 0 Å². The molecule has 0 heterocycles. The number of nitrogens with one attached hydrogen (secondary N) is 1. The first kappa shape index (κ1) is 15.6. The first-order valence-electron chi connectivity index (χ1n) is 6.98. The normalized spacial score (nSPS) is 22.6. The molecule has 1 aliphatic rings. The molecule has 0 unspecified atom stereocenters. The fraction of sp³-hybridized carbons (Fsp3) is 0.533. The van der Waals surface area contributed by atoms with Crippen molar-refractivity contribution in [3.05, 3.63) is 27.7 Å². The van der Waals surface area contributed by atoms with Crippen LogP contribution in [-0.2, 0) is 4.79 Å². The number of hydrogen-bond donors (Lipinski definition) is 2. The third-order valence-electron chi connectivity index (χ3n) is 4.08. The number of benzene rings is 1. The van der Waals surface area contributed by atoms with Crippen molar-refractivity contribution in [2.24, 2.45) is 17.6 Å². The van der Waals surface area contributed by atoms with Crippen LogP contribution in [0.3, 0.4) is 0 Å². The lowest BCUT2D eigenvalue weighted by molar-refractivity contribution is -0.121. The number of anilines is 1. The van der Waals surface area contributed by atoms with Gasteiger partial charge in [0.1, 0.15) is 0 Å². The van der Waals surface area contributed by atoms with Gasteiger partial charge in [-0.1, -0.05) is 29.3 Å². The molecule has 0 atom stereocenters. The minimum atomic E-state index is 0.00914. The Morgan fingerprint density at radius 2 is 1.95 bits per heavy atom. The first-order valence-corrected chi connectivity index (χ1v) is 7.74. The number of amides is 1. The van der Waals surface area contributed by atoms with Crippen LogP contribution in [0.4, 0.5) is 5.69 Å².